The Balaban J connectivity index is 1.83. The summed E-state index contributed by atoms with van der Waals surface area (Å²) in [6.07, 6.45) is 3.93. The summed E-state index contributed by atoms with van der Waals surface area (Å²) in [5.74, 6) is 0.0660. The van der Waals surface area contributed by atoms with Crippen LogP contribution in [0.4, 0.5) is 0 Å². The molecule has 0 saturated carbocycles. The number of nitrogens with zero attached hydrogens (tertiary/aromatic N) is 1. The molecule has 6 nitrogen and oxygen atoms in total. The van der Waals surface area contributed by atoms with Gasteiger partial charge in [0.2, 0.25) is 5.91 Å². The van der Waals surface area contributed by atoms with Crippen LogP contribution in [0.3, 0.4) is 0 Å². The van der Waals surface area contributed by atoms with Gasteiger partial charge in [0, 0.05) is 33.4 Å². The normalized spacial score (nSPS) is 18.5. The van der Waals surface area contributed by atoms with Gasteiger partial charge in [-0.1, -0.05) is 0 Å². The van der Waals surface area contributed by atoms with Crippen LogP contribution in [0.25, 0.3) is 0 Å². The molecular weight excluding hydrogens is 272 g/mol. The van der Waals surface area contributed by atoms with Crippen molar-refractivity contribution in [3.63, 3.8) is 0 Å². The number of ether oxygens (including phenoxy) is 1. The second kappa shape index (κ2) is 7.83. The monoisotopic (exact) mass is 294 g/mol. The third-order valence-corrected chi connectivity index (χ3v) is 3.64. The van der Waals surface area contributed by atoms with E-state index in [1.54, 1.807) is 24.1 Å². The Hall–Kier alpha value is -1.82. The predicted octanol–water partition coefficient (Wildman–Crippen LogP) is 1.28. The summed E-state index contributed by atoms with van der Waals surface area (Å²) < 4.78 is 10.1. The molecule has 1 N–H and O–H groups in total. The highest BCUT2D eigenvalue weighted by molar-refractivity contribution is 5.92. The molecule has 116 valence electrons. The Morgan fingerprint density at radius 2 is 2.38 bits per heavy atom. The van der Waals surface area contributed by atoms with Gasteiger partial charge in [-0.15, -0.1) is 0 Å². The van der Waals surface area contributed by atoms with E-state index in [2.05, 4.69) is 5.32 Å². The zero-order chi connectivity index (χ0) is 15.1. The fourth-order valence-corrected chi connectivity index (χ4v) is 2.50. The van der Waals surface area contributed by atoms with Gasteiger partial charge >= 0.3 is 0 Å². The zero-order valence-corrected chi connectivity index (χ0v) is 12.3. The first-order chi connectivity index (χ1) is 10.2. The first-order valence-electron chi connectivity index (χ1n) is 7.32. The van der Waals surface area contributed by atoms with Crippen LogP contribution in [0.5, 0.6) is 0 Å². The van der Waals surface area contributed by atoms with E-state index in [0.29, 0.717) is 32.0 Å². The van der Waals surface area contributed by atoms with Gasteiger partial charge in [0.25, 0.3) is 5.91 Å². The zero-order valence-electron chi connectivity index (χ0n) is 12.3. The first-order valence-corrected chi connectivity index (χ1v) is 7.32. The van der Waals surface area contributed by atoms with Crippen molar-refractivity contribution >= 4 is 11.8 Å². The third kappa shape index (κ3) is 4.32. The Labute approximate surface area is 124 Å². The fraction of sp³-hybridized carbons (Fsp3) is 0.600. The number of hydrogen-bond acceptors (Lipinski definition) is 4. The van der Waals surface area contributed by atoms with Gasteiger partial charge in [-0.25, -0.2) is 0 Å². The van der Waals surface area contributed by atoms with Gasteiger partial charge in [0.05, 0.1) is 12.2 Å². The number of piperidine rings is 1. The highest BCUT2D eigenvalue weighted by Gasteiger charge is 2.29. The van der Waals surface area contributed by atoms with Gasteiger partial charge < -0.3 is 19.4 Å². The molecule has 21 heavy (non-hydrogen) atoms. The van der Waals surface area contributed by atoms with Crippen LogP contribution in [0.1, 0.15) is 29.8 Å². The number of carbonyl (C=O) groups is 2. The number of hydrogen-bond donors (Lipinski definition) is 1. The number of methoxy groups -OCH3 is 1. The maximum atomic E-state index is 12.2. The molecule has 1 fully saturated rings. The summed E-state index contributed by atoms with van der Waals surface area (Å²) >= 11 is 0. The number of amides is 2. The van der Waals surface area contributed by atoms with E-state index in [-0.39, 0.29) is 17.7 Å². The molecule has 0 spiro atoms. The average Bonchev–Trinajstić information content (AvgIpc) is 3.05. The first kappa shape index (κ1) is 15.6. The lowest BCUT2D eigenvalue weighted by Gasteiger charge is -2.31. The Bertz CT molecular complexity index is 458. The van der Waals surface area contributed by atoms with E-state index in [0.717, 1.165) is 19.3 Å². The van der Waals surface area contributed by atoms with Crippen molar-refractivity contribution in [3.05, 3.63) is 24.2 Å². The average molecular weight is 294 g/mol. The van der Waals surface area contributed by atoms with Gasteiger partial charge in [-0.2, -0.15) is 0 Å². The number of rotatable bonds is 6. The molecule has 1 saturated heterocycles. The van der Waals surface area contributed by atoms with Crippen molar-refractivity contribution in [2.75, 3.05) is 33.4 Å². The van der Waals surface area contributed by atoms with Crippen LogP contribution in [0.15, 0.2) is 22.8 Å². The lowest BCUT2D eigenvalue weighted by molar-refractivity contribution is -0.126. The standard InChI is InChI=1S/C15H22N2O4/c1-20-9-4-7-16-14(18)12-5-2-8-17(11-12)15(19)13-6-3-10-21-13/h3,6,10,12H,2,4-5,7-9,11H2,1H3,(H,16,18). The molecule has 1 atom stereocenters. The topological polar surface area (TPSA) is 71.8 Å². The molecule has 0 bridgehead atoms. The maximum Gasteiger partial charge on any atom is 0.289 e. The largest absolute Gasteiger partial charge is 0.459 e. The van der Waals surface area contributed by atoms with E-state index in [4.69, 9.17) is 9.15 Å². The fourth-order valence-electron chi connectivity index (χ4n) is 2.50. The third-order valence-electron chi connectivity index (χ3n) is 3.64. The van der Waals surface area contributed by atoms with Crippen molar-refractivity contribution in [1.82, 2.24) is 10.2 Å². The molecule has 1 aliphatic heterocycles. The van der Waals surface area contributed by atoms with Gasteiger partial charge in [0.1, 0.15) is 0 Å². The molecule has 1 unspecified atom stereocenters. The van der Waals surface area contributed by atoms with Crippen molar-refractivity contribution < 1.29 is 18.7 Å². The van der Waals surface area contributed by atoms with Crippen molar-refractivity contribution in [2.45, 2.75) is 19.3 Å². The molecule has 1 aromatic heterocycles. The second-order valence-corrected chi connectivity index (χ2v) is 5.21. The van der Waals surface area contributed by atoms with Crippen molar-refractivity contribution in [3.8, 4) is 0 Å². The number of furan rings is 1. The summed E-state index contributed by atoms with van der Waals surface area (Å²) in [4.78, 5) is 26.0. The SMILES string of the molecule is COCCCNC(=O)C1CCCN(C(=O)c2ccco2)C1. The molecule has 0 aromatic carbocycles. The number of nitrogens with one attached hydrogen (secondary N) is 1. The Morgan fingerprint density at radius 3 is 3.10 bits per heavy atom. The lowest BCUT2D eigenvalue weighted by Crippen LogP contribution is -2.45. The summed E-state index contributed by atoms with van der Waals surface area (Å²) in [6.45, 7) is 2.37. The van der Waals surface area contributed by atoms with Crippen LogP contribution in [-0.2, 0) is 9.53 Å². The summed E-state index contributed by atoms with van der Waals surface area (Å²) in [5, 5.41) is 2.90. The van der Waals surface area contributed by atoms with E-state index < -0.39 is 0 Å². The van der Waals surface area contributed by atoms with Crippen LogP contribution >= 0.6 is 0 Å². The molecule has 0 radical (unpaired) electrons. The van der Waals surface area contributed by atoms with Gasteiger partial charge in [0.15, 0.2) is 5.76 Å². The predicted molar refractivity (Wildman–Crippen MR) is 76.8 cm³/mol. The minimum Gasteiger partial charge on any atom is -0.459 e. The molecule has 0 aliphatic carbocycles. The Morgan fingerprint density at radius 1 is 1.52 bits per heavy atom. The van der Waals surface area contributed by atoms with E-state index >= 15 is 0 Å². The van der Waals surface area contributed by atoms with Crippen LogP contribution in [-0.4, -0.2) is 50.1 Å². The Kier molecular flexibility index (Phi) is 5.80. The molecule has 1 aliphatic rings. The molecular formula is C15H22N2O4. The minimum absolute atomic E-state index is 0.0167. The summed E-state index contributed by atoms with van der Waals surface area (Å²) in [6, 6.07) is 3.34. The molecule has 1 aromatic rings. The summed E-state index contributed by atoms with van der Waals surface area (Å²) in [5.41, 5.74) is 0. The number of likely N-dealkylation sites (tertiary alicyclic amines) is 1. The van der Waals surface area contributed by atoms with Crippen molar-refractivity contribution in [1.29, 1.82) is 0 Å². The molecule has 2 rings (SSSR count). The van der Waals surface area contributed by atoms with E-state index in [1.165, 1.54) is 6.26 Å². The van der Waals surface area contributed by atoms with Crippen LogP contribution in [0, 0.1) is 5.92 Å². The van der Waals surface area contributed by atoms with E-state index in [9.17, 15) is 9.59 Å². The van der Waals surface area contributed by atoms with Crippen LogP contribution in [0.2, 0.25) is 0 Å². The number of carbonyl (C=O) groups excluding carboxylic acids is 2. The van der Waals surface area contributed by atoms with Crippen LogP contribution < -0.4 is 5.32 Å². The lowest BCUT2D eigenvalue weighted by atomic mass is 9.97. The molecule has 2 heterocycles. The van der Waals surface area contributed by atoms with Crippen molar-refractivity contribution in [2.24, 2.45) is 5.92 Å². The maximum absolute atomic E-state index is 12.2. The highest BCUT2D eigenvalue weighted by atomic mass is 16.5. The quantitative estimate of drug-likeness (QED) is 0.802. The second-order valence-electron chi connectivity index (χ2n) is 5.21. The minimum atomic E-state index is -0.142. The smallest absolute Gasteiger partial charge is 0.289 e. The van der Waals surface area contributed by atoms with Gasteiger partial charge in [-0.3, -0.25) is 9.59 Å². The highest BCUT2D eigenvalue weighted by Crippen LogP contribution is 2.19. The summed E-state index contributed by atoms with van der Waals surface area (Å²) in [7, 11) is 1.64. The molecule has 2 amide bonds. The van der Waals surface area contributed by atoms with Gasteiger partial charge in [-0.05, 0) is 31.4 Å². The molecule has 6 heteroatoms. The van der Waals surface area contributed by atoms with E-state index in [1.807, 2.05) is 0 Å².